The summed E-state index contributed by atoms with van der Waals surface area (Å²) in [5.41, 5.74) is 0. The van der Waals surface area contributed by atoms with Crippen molar-refractivity contribution in [1.29, 1.82) is 0 Å². The van der Waals surface area contributed by atoms with E-state index in [4.69, 9.17) is 0 Å². The van der Waals surface area contributed by atoms with Gasteiger partial charge in [-0.1, -0.05) is 30.4 Å². The number of likely N-dealkylation sites (N-methyl/N-ethyl adjacent to an activating group) is 1. The van der Waals surface area contributed by atoms with E-state index in [0.717, 1.165) is 6.54 Å². The topological polar surface area (TPSA) is 14.9 Å². The van der Waals surface area contributed by atoms with Crippen LogP contribution in [0, 0.1) is 0 Å². The minimum absolute atomic E-state index is 0. The third kappa shape index (κ3) is 16.0. The molecule has 0 bridgehead atoms. The van der Waals surface area contributed by atoms with Gasteiger partial charge in [0.05, 0.1) is 0 Å². The van der Waals surface area contributed by atoms with Crippen LogP contribution in [-0.2, 0) is 38.2 Å². The van der Waals surface area contributed by atoms with E-state index in [1.165, 1.54) is 0 Å². The van der Waals surface area contributed by atoms with Crippen molar-refractivity contribution in [3.63, 3.8) is 0 Å². The van der Waals surface area contributed by atoms with Crippen LogP contribution in [0.2, 0.25) is 0 Å². The molecule has 153 valence electrons. The average Bonchev–Trinajstić information content (AvgIpc) is 2.72. The second-order valence-corrected chi connectivity index (χ2v) is 6.33. The number of rotatable bonds is 0. The number of nitrogens with zero attached hydrogens (tertiary/aromatic N) is 4. The average molecular weight is 432 g/mol. The number of hydrogen-bond acceptors (Lipinski definition) is 1. The summed E-state index contributed by atoms with van der Waals surface area (Å²) >= 11 is 0. The van der Waals surface area contributed by atoms with Crippen LogP contribution in [0.1, 0.15) is 0 Å². The van der Waals surface area contributed by atoms with Gasteiger partial charge in [0.15, 0.2) is 37.2 Å². The van der Waals surface area contributed by atoms with Gasteiger partial charge in [0.25, 0.3) is 0 Å². The van der Waals surface area contributed by atoms with Crippen molar-refractivity contribution in [2.75, 3.05) is 13.6 Å². The van der Waals surface area contributed by atoms with E-state index in [2.05, 4.69) is 30.3 Å². The molecule has 0 aliphatic carbocycles. The van der Waals surface area contributed by atoms with Crippen LogP contribution in [0.5, 0.6) is 0 Å². The summed E-state index contributed by atoms with van der Waals surface area (Å²) in [4.78, 5) is 2.12. The van der Waals surface area contributed by atoms with Gasteiger partial charge in [-0.2, -0.15) is 0 Å². The number of hydrogen-bond donors (Lipinski definition) is 0. The van der Waals surface area contributed by atoms with Gasteiger partial charge in [0, 0.05) is 67.1 Å². The Morgan fingerprint density at radius 2 is 0.897 bits per heavy atom. The first-order chi connectivity index (χ1) is 13.6. The summed E-state index contributed by atoms with van der Waals surface area (Å²) in [6.45, 7) is 1.05. The minimum atomic E-state index is 0. The number of aromatic nitrogens is 3. The smallest absolute Gasteiger partial charge is 0.168 e. The van der Waals surface area contributed by atoms with E-state index in [-0.39, 0.29) is 17.1 Å². The summed E-state index contributed by atoms with van der Waals surface area (Å²) in [6, 6.07) is 18.0. The standard InChI is InChI=1S/C6H9N.3C6H8N.Mn/c4*1-7-5-3-2-4-6-7;/h2-5H,6H2,1H3;3*2-6H,1H3;/q;3*+1;. The van der Waals surface area contributed by atoms with E-state index in [9.17, 15) is 0 Å². The SMILES string of the molecule is CN1C=CC=CC1.C[n+]1ccccc1.C[n+]1ccccc1.C[n+]1ccccc1.[Mn]. The second kappa shape index (κ2) is 17.4. The van der Waals surface area contributed by atoms with E-state index >= 15 is 0 Å². The molecule has 1 aliphatic rings. The molecule has 3 aromatic heterocycles. The summed E-state index contributed by atoms with van der Waals surface area (Å²) in [5, 5.41) is 0. The Morgan fingerprint density at radius 3 is 1.03 bits per heavy atom. The molecule has 0 saturated heterocycles. The van der Waals surface area contributed by atoms with E-state index in [1.807, 2.05) is 133 Å². The van der Waals surface area contributed by atoms with Crippen LogP contribution in [0.4, 0.5) is 0 Å². The molecule has 4 nitrogen and oxygen atoms in total. The monoisotopic (exact) mass is 432 g/mol. The summed E-state index contributed by atoms with van der Waals surface area (Å²) in [7, 11) is 8.06. The van der Waals surface area contributed by atoms with Crippen LogP contribution in [0.25, 0.3) is 0 Å². The number of pyridine rings is 3. The Morgan fingerprint density at radius 1 is 0.552 bits per heavy atom. The second-order valence-electron chi connectivity index (χ2n) is 6.33. The Balaban J connectivity index is 0.000000356. The Hall–Kier alpha value is -2.75. The predicted molar refractivity (Wildman–Crippen MR) is 114 cm³/mol. The molecule has 0 amide bonds. The molecule has 0 N–H and O–H groups in total. The van der Waals surface area contributed by atoms with Crippen LogP contribution in [0.3, 0.4) is 0 Å². The van der Waals surface area contributed by atoms with Crippen LogP contribution in [-0.4, -0.2) is 18.5 Å². The molecule has 0 atom stereocenters. The van der Waals surface area contributed by atoms with Crippen molar-refractivity contribution in [2.24, 2.45) is 21.1 Å². The molecule has 5 heteroatoms. The fourth-order valence-corrected chi connectivity index (χ4v) is 2.02. The fourth-order valence-electron chi connectivity index (χ4n) is 2.02. The molecule has 4 rings (SSSR count). The summed E-state index contributed by atoms with van der Waals surface area (Å²) in [6.07, 6.45) is 20.3. The zero-order valence-corrected chi connectivity index (χ0v) is 19.0. The molecule has 0 spiro atoms. The molecule has 29 heavy (non-hydrogen) atoms. The van der Waals surface area contributed by atoms with Crippen LogP contribution in [0.15, 0.2) is 116 Å². The Bertz CT molecular complexity index is 702. The maximum absolute atomic E-state index is 2.12. The Labute approximate surface area is 186 Å². The van der Waals surface area contributed by atoms with Crippen molar-refractivity contribution in [3.05, 3.63) is 116 Å². The van der Waals surface area contributed by atoms with Gasteiger partial charge in [-0.25, -0.2) is 13.7 Å². The van der Waals surface area contributed by atoms with Gasteiger partial charge in [0.1, 0.15) is 21.1 Å². The van der Waals surface area contributed by atoms with Gasteiger partial charge in [-0.3, -0.25) is 0 Å². The first-order valence-corrected chi connectivity index (χ1v) is 9.32. The first kappa shape index (κ1) is 26.2. The normalized spacial score (nSPS) is 10.7. The van der Waals surface area contributed by atoms with E-state index < -0.39 is 0 Å². The van der Waals surface area contributed by atoms with Crippen molar-refractivity contribution < 1.29 is 30.8 Å². The first-order valence-electron chi connectivity index (χ1n) is 9.32. The van der Waals surface area contributed by atoms with Gasteiger partial charge in [-0.05, 0) is 12.3 Å². The van der Waals surface area contributed by atoms with Gasteiger partial charge >= 0.3 is 0 Å². The molecule has 0 aromatic carbocycles. The van der Waals surface area contributed by atoms with E-state index in [1.54, 1.807) is 0 Å². The molecule has 1 aliphatic heterocycles. The largest absolute Gasteiger partial charge is 0.377 e. The van der Waals surface area contributed by atoms with Crippen molar-refractivity contribution in [3.8, 4) is 0 Å². The van der Waals surface area contributed by atoms with Gasteiger partial charge in [-0.15, -0.1) is 0 Å². The maximum Gasteiger partial charge on any atom is 0.168 e. The van der Waals surface area contributed by atoms with Gasteiger partial charge in [0.2, 0.25) is 0 Å². The molecule has 3 aromatic rings. The molecule has 0 unspecified atom stereocenters. The van der Waals surface area contributed by atoms with Gasteiger partial charge < -0.3 is 4.90 Å². The number of aryl methyl sites for hydroxylation is 3. The zero-order chi connectivity index (χ0) is 20.5. The molecule has 1 radical (unpaired) electrons. The Kier molecular flexibility index (Phi) is 15.7. The predicted octanol–water partition coefficient (Wildman–Crippen LogP) is 2.53. The van der Waals surface area contributed by atoms with E-state index in [0.29, 0.717) is 0 Å². The molecule has 0 fully saturated rings. The van der Waals surface area contributed by atoms with Crippen LogP contribution >= 0.6 is 0 Å². The summed E-state index contributed by atoms with van der Waals surface area (Å²) in [5.74, 6) is 0. The fraction of sp³-hybridized carbons (Fsp3) is 0.208. The maximum atomic E-state index is 2.12. The third-order valence-corrected chi connectivity index (χ3v) is 3.58. The summed E-state index contributed by atoms with van der Waals surface area (Å²) < 4.78 is 6.00. The molecule has 0 saturated carbocycles. The van der Waals surface area contributed by atoms with Crippen LogP contribution < -0.4 is 13.7 Å². The quantitative estimate of drug-likeness (QED) is 0.394. The third-order valence-electron chi connectivity index (χ3n) is 3.58. The molecular weight excluding hydrogens is 399 g/mol. The number of allylic oxidation sites excluding steroid dienone is 2. The van der Waals surface area contributed by atoms with Crippen molar-refractivity contribution >= 4 is 0 Å². The molecule has 4 heterocycles. The van der Waals surface area contributed by atoms with Crippen molar-refractivity contribution in [1.82, 2.24) is 4.90 Å². The molecular formula is C24H33MnN4+3. The zero-order valence-electron chi connectivity index (χ0n) is 17.8. The van der Waals surface area contributed by atoms with Crippen molar-refractivity contribution in [2.45, 2.75) is 0 Å². The minimum Gasteiger partial charge on any atom is -0.377 e.